The minimum Gasteiger partial charge on any atom is -0.461 e. The lowest BCUT2D eigenvalue weighted by molar-refractivity contribution is -0.145. The number of nitrogens with one attached hydrogen (secondary N) is 3. The maximum atomic E-state index is 12.5. The van der Waals surface area contributed by atoms with Crippen molar-refractivity contribution in [1.29, 1.82) is 0 Å². The van der Waals surface area contributed by atoms with Crippen molar-refractivity contribution < 1.29 is 33.4 Å². The second-order valence-electron chi connectivity index (χ2n) is 8.57. The van der Waals surface area contributed by atoms with E-state index in [-0.39, 0.29) is 38.0 Å². The smallest absolute Gasteiger partial charge is 0.306 e. The molecule has 11 heteroatoms. The molecule has 0 saturated heterocycles. The van der Waals surface area contributed by atoms with Crippen molar-refractivity contribution >= 4 is 29.6 Å². The van der Waals surface area contributed by atoms with Gasteiger partial charge in [-0.05, 0) is 39.2 Å². The lowest BCUT2D eigenvalue weighted by Gasteiger charge is -2.21. The molecule has 36 heavy (non-hydrogen) atoms. The maximum absolute atomic E-state index is 12.5. The highest BCUT2D eigenvalue weighted by atomic mass is 16.5. The molecule has 0 aliphatic rings. The molecule has 11 nitrogen and oxygen atoms in total. The Kier molecular flexibility index (Phi) is 13.8. The van der Waals surface area contributed by atoms with Gasteiger partial charge >= 0.3 is 5.97 Å². The Morgan fingerprint density at radius 3 is 2.19 bits per heavy atom. The Hall–Kier alpha value is -3.47. The van der Waals surface area contributed by atoms with Crippen LogP contribution in [-0.4, -0.2) is 60.4 Å². The molecule has 1 rings (SSSR count). The average molecular weight is 507 g/mol. The van der Waals surface area contributed by atoms with Gasteiger partial charge in [0.25, 0.3) is 0 Å². The van der Waals surface area contributed by atoms with Gasteiger partial charge in [0.1, 0.15) is 24.8 Å². The van der Waals surface area contributed by atoms with E-state index >= 15 is 0 Å². The molecule has 0 aromatic heterocycles. The van der Waals surface area contributed by atoms with Crippen molar-refractivity contribution in [3.8, 4) is 0 Å². The first-order valence-electron chi connectivity index (χ1n) is 12.0. The van der Waals surface area contributed by atoms with Crippen LogP contribution in [-0.2, 0) is 40.1 Å². The summed E-state index contributed by atoms with van der Waals surface area (Å²) < 4.78 is 10.6. The first-order chi connectivity index (χ1) is 17.0. The van der Waals surface area contributed by atoms with E-state index in [2.05, 4.69) is 16.0 Å². The minimum absolute atomic E-state index is 0.0451. The Labute approximate surface area is 211 Å². The Morgan fingerprint density at radius 2 is 1.58 bits per heavy atom. The van der Waals surface area contributed by atoms with Crippen molar-refractivity contribution in [2.45, 2.75) is 84.2 Å². The standard InChI is InChI=1S/C25H38N4O7/c1-5-9-21(30)27-16(2)14-35-18(4)25(34)28-17(3)24(33)29-20(23(26)32)12-13-22(31)36-15-19-10-7-6-8-11-19/h6-8,10-11,16-18,20H,5,9,12-15H2,1-4H3,(H2,26,32)(H,27,30)(H,28,34)(H,29,33)/t16-,17-,18+,20+/m0/s1. The number of rotatable bonds is 16. The third kappa shape index (κ3) is 12.3. The van der Waals surface area contributed by atoms with Crippen LogP contribution in [0.3, 0.4) is 0 Å². The zero-order valence-corrected chi connectivity index (χ0v) is 21.4. The van der Waals surface area contributed by atoms with Crippen LogP contribution in [0.2, 0.25) is 0 Å². The number of nitrogens with two attached hydrogens (primary N) is 1. The molecule has 5 N–H and O–H groups in total. The number of ether oxygens (including phenoxy) is 2. The van der Waals surface area contributed by atoms with Gasteiger partial charge in [-0.1, -0.05) is 37.3 Å². The van der Waals surface area contributed by atoms with E-state index in [1.165, 1.54) is 13.8 Å². The summed E-state index contributed by atoms with van der Waals surface area (Å²) in [5, 5.41) is 7.72. The van der Waals surface area contributed by atoms with Crippen LogP contribution in [0.4, 0.5) is 0 Å². The zero-order valence-electron chi connectivity index (χ0n) is 21.4. The van der Waals surface area contributed by atoms with E-state index in [1.54, 1.807) is 6.92 Å². The summed E-state index contributed by atoms with van der Waals surface area (Å²) in [4.78, 5) is 60.2. The summed E-state index contributed by atoms with van der Waals surface area (Å²) in [6, 6.07) is 6.74. The van der Waals surface area contributed by atoms with Gasteiger partial charge in [-0.15, -0.1) is 0 Å². The number of hydrogen-bond donors (Lipinski definition) is 4. The maximum Gasteiger partial charge on any atom is 0.306 e. The molecule has 1 aromatic rings. The van der Waals surface area contributed by atoms with Gasteiger partial charge in [-0.3, -0.25) is 24.0 Å². The second-order valence-corrected chi connectivity index (χ2v) is 8.57. The first kappa shape index (κ1) is 30.6. The van der Waals surface area contributed by atoms with Gasteiger partial charge in [-0.2, -0.15) is 0 Å². The van der Waals surface area contributed by atoms with Crippen LogP contribution in [0.1, 0.15) is 58.9 Å². The molecule has 0 aliphatic heterocycles. The summed E-state index contributed by atoms with van der Waals surface area (Å²) in [6.45, 7) is 6.84. The molecule has 0 radical (unpaired) electrons. The third-order valence-corrected chi connectivity index (χ3v) is 5.14. The average Bonchev–Trinajstić information content (AvgIpc) is 2.83. The van der Waals surface area contributed by atoms with Crippen LogP contribution >= 0.6 is 0 Å². The normalized spacial score (nSPS) is 14.0. The fourth-order valence-corrected chi connectivity index (χ4v) is 3.03. The second kappa shape index (κ2) is 16.2. The van der Waals surface area contributed by atoms with Gasteiger partial charge < -0.3 is 31.2 Å². The van der Waals surface area contributed by atoms with E-state index in [0.29, 0.717) is 6.42 Å². The number of amides is 4. The Morgan fingerprint density at radius 1 is 0.917 bits per heavy atom. The molecule has 0 bridgehead atoms. The van der Waals surface area contributed by atoms with Crippen molar-refractivity contribution in [3.63, 3.8) is 0 Å². The number of carbonyl (C=O) groups excluding carboxylic acids is 5. The largest absolute Gasteiger partial charge is 0.461 e. The predicted octanol–water partition coefficient (Wildman–Crippen LogP) is 0.695. The monoisotopic (exact) mass is 506 g/mol. The summed E-state index contributed by atoms with van der Waals surface area (Å²) in [7, 11) is 0. The highest BCUT2D eigenvalue weighted by Crippen LogP contribution is 2.05. The highest BCUT2D eigenvalue weighted by Gasteiger charge is 2.25. The third-order valence-electron chi connectivity index (χ3n) is 5.14. The quantitative estimate of drug-likeness (QED) is 0.239. The zero-order chi connectivity index (χ0) is 27.1. The fraction of sp³-hybridized carbons (Fsp3) is 0.560. The topological polar surface area (TPSA) is 166 Å². The summed E-state index contributed by atoms with van der Waals surface area (Å²) in [5.74, 6) is -2.62. The fourth-order valence-electron chi connectivity index (χ4n) is 3.03. The number of carbonyl (C=O) groups is 5. The first-order valence-corrected chi connectivity index (χ1v) is 12.0. The van der Waals surface area contributed by atoms with Crippen molar-refractivity contribution in [3.05, 3.63) is 35.9 Å². The van der Waals surface area contributed by atoms with Crippen LogP contribution in [0.25, 0.3) is 0 Å². The van der Waals surface area contributed by atoms with E-state index < -0.39 is 41.9 Å². The van der Waals surface area contributed by atoms with Gasteiger partial charge in [-0.25, -0.2) is 0 Å². The molecule has 1 aromatic carbocycles. The van der Waals surface area contributed by atoms with Crippen LogP contribution in [0, 0.1) is 0 Å². The summed E-state index contributed by atoms with van der Waals surface area (Å²) in [5.41, 5.74) is 6.19. The number of esters is 1. The minimum atomic E-state index is -1.11. The molecule has 200 valence electrons. The van der Waals surface area contributed by atoms with E-state index in [1.807, 2.05) is 37.3 Å². The molecule has 0 spiro atoms. The van der Waals surface area contributed by atoms with E-state index in [0.717, 1.165) is 12.0 Å². The van der Waals surface area contributed by atoms with Crippen molar-refractivity contribution in [2.75, 3.05) is 6.61 Å². The lowest BCUT2D eigenvalue weighted by Crippen LogP contribution is -2.53. The predicted molar refractivity (Wildman–Crippen MR) is 132 cm³/mol. The summed E-state index contributed by atoms with van der Waals surface area (Å²) >= 11 is 0. The molecule has 0 heterocycles. The van der Waals surface area contributed by atoms with Crippen molar-refractivity contribution in [2.24, 2.45) is 5.73 Å². The van der Waals surface area contributed by atoms with Gasteiger partial charge in [0.15, 0.2) is 0 Å². The SMILES string of the molecule is CCCC(=O)N[C@@H](C)CO[C@H](C)C(=O)N[C@@H](C)C(=O)N[C@H](CCC(=O)OCc1ccccc1)C(N)=O. The number of benzene rings is 1. The van der Waals surface area contributed by atoms with E-state index in [9.17, 15) is 24.0 Å². The van der Waals surface area contributed by atoms with Gasteiger partial charge in [0.05, 0.1) is 6.61 Å². The van der Waals surface area contributed by atoms with Crippen LogP contribution < -0.4 is 21.7 Å². The summed E-state index contributed by atoms with van der Waals surface area (Å²) in [6.07, 6.45) is 0.0917. The highest BCUT2D eigenvalue weighted by molar-refractivity contribution is 5.92. The molecule has 4 amide bonds. The molecule has 0 unspecified atom stereocenters. The lowest BCUT2D eigenvalue weighted by atomic mass is 10.1. The molecule has 0 fully saturated rings. The van der Waals surface area contributed by atoms with Crippen LogP contribution in [0.5, 0.6) is 0 Å². The molecular formula is C25H38N4O7. The molecule has 4 atom stereocenters. The molecule has 0 saturated carbocycles. The Bertz CT molecular complexity index is 878. The molecule has 0 aliphatic carbocycles. The van der Waals surface area contributed by atoms with E-state index in [4.69, 9.17) is 15.2 Å². The molecular weight excluding hydrogens is 468 g/mol. The number of primary amides is 1. The van der Waals surface area contributed by atoms with Gasteiger partial charge in [0.2, 0.25) is 23.6 Å². The Balaban J connectivity index is 2.43. The number of hydrogen-bond acceptors (Lipinski definition) is 7. The van der Waals surface area contributed by atoms with Gasteiger partial charge in [0, 0.05) is 18.9 Å². The van der Waals surface area contributed by atoms with Crippen molar-refractivity contribution in [1.82, 2.24) is 16.0 Å². The van der Waals surface area contributed by atoms with Crippen LogP contribution in [0.15, 0.2) is 30.3 Å².